The van der Waals surface area contributed by atoms with Gasteiger partial charge in [0.05, 0.1) is 45.0 Å². The van der Waals surface area contributed by atoms with Crippen molar-refractivity contribution in [1.82, 2.24) is 14.8 Å². The van der Waals surface area contributed by atoms with Crippen molar-refractivity contribution in [3.63, 3.8) is 0 Å². The number of carbonyl (C=O) groups excluding carboxylic acids is 1. The number of nitrogens with one attached hydrogen (secondary N) is 2. The number of hydrogen-bond acceptors (Lipinski definition) is 8. The van der Waals surface area contributed by atoms with E-state index in [0.29, 0.717) is 41.4 Å². The van der Waals surface area contributed by atoms with Crippen LogP contribution in [0.15, 0.2) is 70.6 Å². The lowest BCUT2D eigenvalue weighted by Crippen LogP contribution is -2.30. The van der Waals surface area contributed by atoms with Crippen LogP contribution in [0.2, 0.25) is 0 Å². The fourth-order valence-corrected chi connectivity index (χ4v) is 5.56. The molecule has 0 saturated carbocycles. The van der Waals surface area contributed by atoms with Crippen LogP contribution >= 0.6 is 0 Å². The van der Waals surface area contributed by atoms with Gasteiger partial charge in [-0.3, -0.25) is 4.79 Å². The van der Waals surface area contributed by atoms with Crippen LogP contribution in [-0.2, 0) is 14.6 Å². The van der Waals surface area contributed by atoms with Crippen LogP contribution < -0.4 is 15.6 Å². The van der Waals surface area contributed by atoms with Crippen molar-refractivity contribution in [2.75, 3.05) is 70.1 Å². The molecule has 0 atom stereocenters. The highest BCUT2D eigenvalue weighted by Gasteiger charge is 2.22. The highest BCUT2D eigenvalue weighted by atomic mass is 32.2. The fraction of sp³-hybridized carbons (Fsp3) is 0.286. The Morgan fingerprint density at radius 2 is 1.73 bits per heavy atom. The van der Waals surface area contributed by atoms with Gasteiger partial charge in [0.25, 0.3) is 5.91 Å². The smallest absolute Gasteiger partial charge is 0.273 e. The number of carbonyl (C=O) groups is 1. The summed E-state index contributed by atoms with van der Waals surface area (Å²) in [6.45, 7) is 2.46. The summed E-state index contributed by atoms with van der Waals surface area (Å²) in [5, 5.41) is 7.92. The number of likely N-dealkylation sites (N-methyl/N-ethyl adjacent to an activating group) is 2. The summed E-state index contributed by atoms with van der Waals surface area (Å²) >= 11 is 0. The summed E-state index contributed by atoms with van der Waals surface area (Å²) in [6, 6.07) is 11.6. The van der Waals surface area contributed by atoms with E-state index in [-0.39, 0.29) is 4.90 Å². The minimum atomic E-state index is -4.20. The molecule has 218 valence electrons. The molecule has 4 rings (SSSR count). The molecule has 3 aromatic carbocycles. The van der Waals surface area contributed by atoms with E-state index in [2.05, 4.69) is 25.6 Å². The maximum absolute atomic E-state index is 13.7. The molecule has 1 aromatic heterocycles. The molecule has 0 saturated heterocycles. The third-order valence-electron chi connectivity index (χ3n) is 6.39. The number of nitrogens with zero attached hydrogens (tertiary/aromatic N) is 4. The van der Waals surface area contributed by atoms with Crippen molar-refractivity contribution in [1.29, 1.82) is 0 Å². The molecular formula is C28H32F2N6O4S. The van der Waals surface area contributed by atoms with E-state index in [9.17, 15) is 22.0 Å². The Morgan fingerprint density at radius 1 is 1.00 bits per heavy atom. The minimum Gasteiger partial charge on any atom is -0.383 e. The molecule has 2 N–H and O–H groups in total. The lowest BCUT2D eigenvalue weighted by molar-refractivity contribution is 0.101. The standard InChI is InChI=1S/C28H32F2N6O4S/c1-34(2)11-12-35(3)26-7-5-6-24(27(26)31-10-13-40-4)28(37)33-36-25-9-8-22(14-19(25)18-32-36)41(38,39)23-16-20(29)15-21(30)17-23/h5-9,14-18,31H,10-13H2,1-4H3,(H,33,37). The average Bonchev–Trinajstić information content (AvgIpc) is 3.33. The van der Waals surface area contributed by atoms with Crippen LogP contribution in [-0.4, -0.2) is 83.6 Å². The first-order chi connectivity index (χ1) is 19.5. The Kier molecular flexibility index (Phi) is 9.21. The highest BCUT2D eigenvalue weighted by Crippen LogP contribution is 2.30. The normalized spacial score (nSPS) is 11.7. The molecule has 0 radical (unpaired) electrons. The van der Waals surface area contributed by atoms with Gasteiger partial charge in [0.1, 0.15) is 11.6 Å². The second-order valence-electron chi connectivity index (χ2n) is 9.67. The summed E-state index contributed by atoms with van der Waals surface area (Å²) in [7, 11) is 3.33. The summed E-state index contributed by atoms with van der Waals surface area (Å²) < 4.78 is 58.5. The molecule has 0 aliphatic rings. The Balaban J connectivity index is 1.63. The number of methoxy groups -OCH3 is 1. The molecule has 4 aromatic rings. The van der Waals surface area contributed by atoms with Gasteiger partial charge in [0.15, 0.2) is 0 Å². The highest BCUT2D eigenvalue weighted by molar-refractivity contribution is 7.91. The number of para-hydroxylation sites is 1. The molecule has 0 aliphatic carbocycles. The van der Waals surface area contributed by atoms with Gasteiger partial charge >= 0.3 is 0 Å². The SMILES string of the molecule is COCCNc1c(C(=O)Nn2ncc3cc(S(=O)(=O)c4cc(F)cc(F)c4)ccc32)cccc1N(C)CCN(C)C. The monoisotopic (exact) mass is 586 g/mol. The predicted molar refractivity (Wildman–Crippen MR) is 154 cm³/mol. The summed E-state index contributed by atoms with van der Waals surface area (Å²) in [5.74, 6) is -2.43. The number of aromatic nitrogens is 2. The Morgan fingerprint density at radius 3 is 2.41 bits per heavy atom. The van der Waals surface area contributed by atoms with E-state index in [4.69, 9.17) is 4.74 Å². The number of halogens is 2. The topological polar surface area (TPSA) is 109 Å². The summed E-state index contributed by atoms with van der Waals surface area (Å²) in [4.78, 5) is 18.2. The van der Waals surface area contributed by atoms with Crippen molar-refractivity contribution in [3.8, 4) is 0 Å². The molecule has 0 spiro atoms. The number of anilines is 2. The van der Waals surface area contributed by atoms with Crippen LogP contribution in [0, 0.1) is 11.6 Å². The molecule has 0 aliphatic heterocycles. The molecule has 1 heterocycles. The first-order valence-corrected chi connectivity index (χ1v) is 14.2. The number of rotatable bonds is 12. The van der Waals surface area contributed by atoms with Crippen molar-refractivity contribution in [2.45, 2.75) is 9.79 Å². The molecule has 0 unspecified atom stereocenters. The third kappa shape index (κ3) is 6.81. The number of hydrogen-bond donors (Lipinski definition) is 2. The van der Waals surface area contributed by atoms with Crippen LogP contribution in [0.3, 0.4) is 0 Å². The van der Waals surface area contributed by atoms with Gasteiger partial charge in [0.2, 0.25) is 9.84 Å². The van der Waals surface area contributed by atoms with Crippen molar-refractivity contribution in [2.24, 2.45) is 0 Å². The lowest BCUT2D eigenvalue weighted by atomic mass is 10.1. The number of amides is 1. The maximum Gasteiger partial charge on any atom is 0.273 e. The van der Waals surface area contributed by atoms with Gasteiger partial charge in [-0.1, -0.05) is 6.07 Å². The van der Waals surface area contributed by atoms with Gasteiger partial charge in [-0.2, -0.15) is 9.89 Å². The van der Waals surface area contributed by atoms with Crippen molar-refractivity contribution in [3.05, 3.63) is 78.0 Å². The molecule has 13 heteroatoms. The van der Waals surface area contributed by atoms with E-state index in [1.807, 2.05) is 27.2 Å². The zero-order valence-corrected chi connectivity index (χ0v) is 24.0. The number of benzene rings is 3. The van der Waals surface area contributed by atoms with Gasteiger partial charge in [-0.25, -0.2) is 22.6 Å². The van der Waals surface area contributed by atoms with Gasteiger partial charge in [-0.05, 0) is 56.6 Å². The quantitative estimate of drug-likeness (QED) is 0.243. The number of ether oxygens (including phenoxy) is 1. The van der Waals surface area contributed by atoms with Crippen molar-refractivity contribution >= 4 is 38.0 Å². The molecule has 41 heavy (non-hydrogen) atoms. The van der Waals surface area contributed by atoms with E-state index >= 15 is 0 Å². The predicted octanol–water partition coefficient (Wildman–Crippen LogP) is 3.59. The average molecular weight is 587 g/mol. The van der Waals surface area contributed by atoms with E-state index in [1.165, 1.54) is 29.2 Å². The van der Waals surface area contributed by atoms with Crippen molar-refractivity contribution < 1.29 is 26.7 Å². The van der Waals surface area contributed by atoms with Gasteiger partial charge < -0.3 is 19.9 Å². The Bertz CT molecular complexity index is 1640. The molecular weight excluding hydrogens is 554 g/mol. The largest absolute Gasteiger partial charge is 0.383 e. The Labute approximate surface area is 237 Å². The zero-order valence-electron chi connectivity index (χ0n) is 23.2. The second-order valence-corrected chi connectivity index (χ2v) is 11.6. The third-order valence-corrected chi connectivity index (χ3v) is 8.12. The van der Waals surface area contributed by atoms with Crippen LogP contribution in [0.1, 0.15) is 10.4 Å². The van der Waals surface area contributed by atoms with E-state index in [0.717, 1.165) is 30.9 Å². The van der Waals surface area contributed by atoms with E-state index in [1.54, 1.807) is 19.2 Å². The van der Waals surface area contributed by atoms with Crippen LogP contribution in [0.5, 0.6) is 0 Å². The van der Waals surface area contributed by atoms with Crippen LogP contribution in [0.4, 0.5) is 20.2 Å². The summed E-state index contributed by atoms with van der Waals surface area (Å²) in [5.41, 5.74) is 5.03. The molecule has 10 nitrogen and oxygen atoms in total. The lowest BCUT2D eigenvalue weighted by Gasteiger charge is -2.26. The Hall–Kier alpha value is -4.07. The first kappa shape index (κ1) is 29.9. The number of sulfone groups is 1. The minimum absolute atomic E-state index is 0.168. The molecule has 1 amide bonds. The number of fused-ring (bicyclic) bond motifs is 1. The molecule has 0 bridgehead atoms. The maximum atomic E-state index is 13.7. The first-order valence-electron chi connectivity index (χ1n) is 12.7. The van der Waals surface area contributed by atoms with Crippen LogP contribution in [0.25, 0.3) is 10.9 Å². The van der Waals surface area contributed by atoms with Gasteiger partial charge in [-0.15, -0.1) is 0 Å². The zero-order chi connectivity index (χ0) is 29.7. The van der Waals surface area contributed by atoms with Gasteiger partial charge in [0, 0.05) is 45.2 Å². The fourth-order valence-electron chi connectivity index (χ4n) is 4.23. The molecule has 0 fully saturated rings. The summed E-state index contributed by atoms with van der Waals surface area (Å²) in [6.07, 6.45) is 1.39. The van der Waals surface area contributed by atoms with E-state index < -0.39 is 32.3 Å². The second kappa shape index (κ2) is 12.6.